The zero-order valence-electron chi connectivity index (χ0n) is 13.3. The summed E-state index contributed by atoms with van der Waals surface area (Å²) in [4.78, 5) is 14.6. The summed E-state index contributed by atoms with van der Waals surface area (Å²) in [6.45, 7) is 4.44. The van der Waals surface area contributed by atoms with Crippen LogP contribution in [0.1, 0.15) is 43.4 Å². The van der Waals surface area contributed by atoms with E-state index < -0.39 is 0 Å². The number of carbonyl (C=O) groups is 1. The lowest BCUT2D eigenvalue weighted by Crippen LogP contribution is -2.43. The lowest BCUT2D eigenvalue weighted by molar-refractivity contribution is -0.136. The molecular weight excluding hydrogens is 276 g/mol. The molecule has 2 heterocycles. The third-order valence-corrected chi connectivity index (χ3v) is 5.09. The number of hydrogen-bond acceptors (Lipinski definition) is 3. The van der Waals surface area contributed by atoms with Crippen LogP contribution in [-0.4, -0.2) is 36.5 Å². The average Bonchev–Trinajstić information content (AvgIpc) is 2.55. The quantitative estimate of drug-likeness (QED) is 0.932. The van der Waals surface area contributed by atoms with Crippen LogP contribution in [0, 0.1) is 5.92 Å². The van der Waals surface area contributed by atoms with E-state index in [9.17, 15) is 4.79 Å². The first-order valence-electron chi connectivity index (χ1n) is 8.38. The van der Waals surface area contributed by atoms with Crippen molar-refractivity contribution in [3.05, 3.63) is 35.4 Å². The van der Waals surface area contributed by atoms with Gasteiger partial charge in [0.1, 0.15) is 0 Å². The number of hydrogen-bond donors (Lipinski definition) is 1. The highest BCUT2D eigenvalue weighted by molar-refractivity contribution is 5.77. The zero-order chi connectivity index (χ0) is 15.5. The highest BCUT2D eigenvalue weighted by Gasteiger charge is 2.28. The van der Waals surface area contributed by atoms with Crippen LogP contribution in [-0.2, 0) is 16.0 Å². The second kappa shape index (κ2) is 6.80. The van der Waals surface area contributed by atoms with Crippen molar-refractivity contribution in [2.75, 3.05) is 19.7 Å². The van der Waals surface area contributed by atoms with Crippen molar-refractivity contribution in [1.82, 2.24) is 4.90 Å². The van der Waals surface area contributed by atoms with Crippen molar-refractivity contribution < 1.29 is 9.53 Å². The number of rotatable bonds is 3. The summed E-state index contributed by atoms with van der Waals surface area (Å²) in [6, 6.07) is 8.55. The Morgan fingerprint density at radius 1 is 1.36 bits per heavy atom. The minimum Gasteiger partial charge on any atom is -0.373 e. The first-order valence-corrected chi connectivity index (χ1v) is 8.38. The van der Waals surface area contributed by atoms with Gasteiger partial charge in [0.2, 0.25) is 5.91 Å². The lowest BCUT2D eigenvalue weighted by atomic mass is 9.90. The topological polar surface area (TPSA) is 55.6 Å². The predicted octanol–water partition coefficient (Wildman–Crippen LogP) is 2.28. The van der Waals surface area contributed by atoms with Crippen LogP contribution in [0.2, 0.25) is 0 Å². The second-order valence-corrected chi connectivity index (χ2v) is 6.59. The van der Waals surface area contributed by atoms with Crippen LogP contribution in [0.15, 0.2) is 24.3 Å². The molecule has 2 N–H and O–H groups in total. The van der Waals surface area contributed by atoms with Crippen molar-refractivity contribution >= 4 is 5.91 Å². The van der Waals surface area contributed by atoms with Crippen LogP contribution in [0.5, 0.6) is 0 Å². The molecule has 2 atom stereocenters. The molecule has 0 bridgehead atoms. The highest BCUT2D eigenvalue weighted by atomic mass is 16.5. The Bertz CT molecular complexity index is 522. The van der Waals surface area contributed by atoms with E-state index in [0.717, 1.165) is 32.4 Å². The molecule has 4 nitrogen and oxygen atoms in total. The van der Waals surface area contributed by atoms with Crippen LogP contribution in [0.4, 0.5) is 0 Å². The second-order valence-electron chi connectivity index (χ2n) is 6.59. The Kier molecular flexibility index (Phi) is 4.79. The molecule has 0 aliphatic carbocycles. The van der Waals surface area contributed by atoms with Crippen molar-refractivity contribution in [2.45, 2.75) is 44.8 Å². The molecule has 3 rings (SSSR count). The summed E-state index contributed by atoms with van der Waals surface area (Å²) in [5.41, 5.74) is 8.48. The Hall–Kier alpha value is -1.39. The first-order chi connectivity index (χ1) is 10.6. The van der Waals surface area contributed by atoms with Gasteiger partial charge >= 0.3 is 0 Å². The summed E-state index contributed by atoms with van der Waals surface area (Å²) in [5, 5.41) is 0. The first kappa shape index (κ1) is 15.5. The summed E-state index contributed by atoms with van der Waals surface area (Å²) in [7, 11) is 0. The van der Waals surface area contributed by atoms with Gasteiger partial charge in [0.15, 0.2) is 0 Å². The zero-order valence-corrected chi connectivity index (χ0v) is 13.3. The molecule has 0 saturated carbocycles. The van der Waals surface area contributed by atoms with Crippen molar-refractivity contribution in [3.63, 3.8) is 0 Å². The molecule has 0 radical (unpaired) electrons. The summed E-state index contributed by atoms with van der Waals surface area (Å²) in [5.74, 6) is 0.764. The minimum absolute atomic E-state index is 0.0800. The Balaban J connectivity index is 1.59. The molecule has 1 amide bonds. The summed E-state index contributed by atoms with van der Waals surface area (Å²) in [6.07, 6.45) is 3.36. The Labute approximate surface area is 132 Å². The van der Waals surface area contributed by atoms with Gasteiger partial charge in [-0.25, -0.2) is 0 Å². The fraction of sp³-hybridized carbons (Fsp3) is 0.611. The van der Waals surface area contributed by atoms with Gasteiger partial charge in [-0.15, -0.1) is 0 Å². The number of carbonyl (C=O) groups excluding carboxylic acids is 1. The normalized spacial score (nSPS) is 23.9. The maximum atomic E-state index is 12.6. The van der Waals surface area contributed by atoms with E-state index in [4.69, 9.17) is 10.5 Å². The van der Waals surface area contributed by atoms with E-state index in [1.54, 1.807) is 0 Å². The van der Waals surface area contributed by atoms with Gasteiger partial charge in [-0.2, -0.15) is 0 Å². The maximum absolute atomic E-state index is 12.6. The van der Waals surface area contributed by atoms with Crippen LogP contribution in [0.3, 0.4) is 0 Å². The fourth-order valence-electron chi connectivity index (χ4n) is 3.61. The highest BCUT2D eigenvalue weighted by Crippen LogP contribution is 2.30. The molecule has 2 unspecified atom stereocenters. The molecule has 1 fully saturated rings. The van der Waals surface area contributed by atoms with Crippen molar-refractivity contribution in [1.29, 1.82) is 0 Å². The molecule has 120 valence electrons. The molecule has 22 heavy (non-hydrogen) atoms. The summed E-state index contributed by atoms with van der Waals surface area (Å²) < 4.78 is 5.86. The third kappa shape index (κ3) is 3.33. The van der Waals surface area contributed by atoms with Gasteiger partial charge in [0, 0.05) is 19.1 Å². The van der Waals surface area contributed by atoms with Gasteiger partial charge in [-0.3, -0.25) is 4.79 Å². The molecule has 1 aromatic rings. The van der Waals surface area contributed by atoms with Gasteiger partial charge < -0.3 is 15.4 Å². The number of nitrogens with zero attached hydrogens (tertiary/aromatic N) is 1. The number of ether oxygens (including phenoxy) is 1. The van der Waals surface area contributed by atoms with Crippen LogP contribution >= 0.6 is 0 Å². The number of nitrogens with two attached hydrogens (primary N) is 1. The van der Waals surface area contributed by atoms with Gasteiger partial charge in [0.05, 0.1) is 19.1 Å². The monoisotopic (exact) mass is 302 g/mol. The molecule has 2 aliphatic heterocycles. The fourth-order valence-corrected chi connectivity index (χ4v) is 3.61. The number of fused-ring (bicyclic) bond motifs is 1. The lowest BCUT2D eigenvalue weighted by Gasteiger charge is -2.35. The molecule has 0 spiro atoms. The number of amides is 1. The number of benzene rings is 1. The van der Waals surface area contributed by atoms with Gasteiger partial charge in [-0.05, 0) is 43.2 Å². The SMILES string of the molecule is CC(N)C1CCN(C(=O)CC2OCCc3ccccc32)CC1. The maximum Gasteiger partial charge on any atom is 0.225 e. The van der Waals surface area contributed by atoms with Crippen LogP contribution < -0.4 is 5.73 Å². The van der Waals surface area contributed by atoms with Gasteiger partial charge in [0.25, 0.3) is 0 Å². The van der Waals surface area contributed by atoms with E-state index in [2.05, 4.69) is 25.1 Å². The van der Waals surface area contributed by atoms with E-state index >= 15 is 0 Å². The smallest absolute Gasteiger partial charge is 0.225 e. The van der Waals surface area contributed by atoms with E-state index in [0.29, 0.717) is 18.9 Å². The average molecular weight is 302 g/mol. The number of piperidine rings is 1. The summed E-state index contributed by atoms with van der Waals surface area (Å²) >= 11 is 0. The van der Waals surface area contributed by atoms with Crippen LogP contribution in [0.25, 0.3) is 0 Å². The molecular formula is C18H26N2O2. The van der Waals surface area contributed by atoms with Crippen molar-refractivity contribution in [2.24, 2.45) is 11.7 Å². The largest absolute Gasteiger partial charge is 0.373 e. The van der Waals surface area contributed by atoms with E-state index in [1.807, 2.05) is 11.0 Å². The predicted molar refractivity (Wildman–Crippen MR) is 86.4 cm³/mol. The molecule has 2 aliphatic rings. The third-order valence-electron chi connectivity index (χ3n) is 5.09. The number of likely N-dealkylation sites (tertiary alicyclic amines) is 1. The van der Waals surface area contributed by atoms with E-state index in [1.165, 1.54) is 11.1 Å². The molecule has 4 heteroatoms. The van der Waals surface area contributed by atoms with Crippen molar-refractivity contribution in [3.8, 4) is 0 Å². The Morgan fingerprint density at radius 2 is 2.09 bits per heavy atom. The molecule has 1 saturated heterocycles. The Morgan fingerprint density at radius 3 is 2.82 bits per heavy atom. The molecule has 1 aromatic carbocycles. The standard InChI is InChI=1S/C18H26N2O2/c1-13(19)14-6-9-20(10-7-14)18(21)12-17-16-5-3-2-4-15(16)8-11-22-17/h2-5,13-14,17H,6-12,19H2,1H3. The molecule has 0 aromatic heterocycles. The van der Waals surface area contributed by atoms with Gasteiger partial charge in [-0.1, -0.05) is 24.3 Å². The van der Waals surface area contributed by atoms with E-state index in [-0.39, 0.29) is 18.1 Å². The minimum atomic E-state index is -0.0800.